The fourth-order valence-corrected chi connectivity index (χ4v) is 2.29. The molecule has 3 nitrogen and oxygen atoms in total. The summed E-state index contributed by atoms with van der Waals surface area (Å²) in [5.74, 6) is 0.422. The molecule has 1 unspecified atom stereocenters. The van der Waals surface area contributed by atoms with Crippen LogP contribution in [-0.4, -0.2) is 43.0 Å². The van der Waals surface area contributed by atoms with Crippen LogP contribution in [0.4, 0.5) is 0 Å². The number of ether oxygens (including phenoxy) is 1. The monoisotopic (exact) mass is 213 g/mol. The van der Waals surface area contributed by atoms with Crippen molar-refractivity contribution in [1.82, 2.24) is 4.90 Å². The van der Waals surface area contributed by atoms with Crippen molar-refractivity contribution in [3.8, 4) is 0 Å². The van der Waals surface area contributed by atoms with E-state index in [1.54, 1.807) is 7.11 Å². The van der Waals surface area contributed by atoms with E-state index < -0.39 is 0 Å². The number of nitrogens with zero attached hydrogens (tertiary/aromatic N) is 1. The molecule has 1 atom stereocenters. The maximum atomic E-state index is 11.8. The molecule has 15 heavy (non-hydrogen) atoms. The van der Waals surface area contributed by atoms with Crippen molar-refractivity contribution in [2.45, 2.75) is 51.6 Å². The van der Waals surface area contributed by atoms with Crippen LogP contribution in [0.25, 0.3) is 0 Å². The van der Waals surface area contributed by atoms with Crippen molar-refractivity contribution in [2.75, 3.05) is 20.3 Å². The lowest BCUT2D eigenvalue weighted by Crippen LogP contribution is -2.47. The zero-order chi connectivity index (χ0) is 11.3. The van der Waals surface area contributed by atoms with Crippen LogP contribution in [0.15, 0.2) is 0 Å². The predicted octanol–water partition coefficient (Wildman–Crippen LogP) is 1.85. The number of hydrogen-bond donors (Lipinski definition) is 0. The Morgan fingerprint density at radius 3 is 2.73 bits per heavy atom. The van der Waals surface area contributed by atoms with E-state index in [-0.39, 0.29) is 6.04 Å². The summed E-state index contributed by atoms with van der Waals surface area (Å²) in [4.78, 5) is 14.1. The second-order valence-electron chi connectivity index (χ2n) is 4.55. The topological polar surface area (TPSA) is 29.5 Å². The molecule has 0 aromatic rings. The molecular weight excluding hydrogens is 190 g/mol. The molecule has 3 heteroatoms. The number of ketones is 1. The highest BCUT2D eigenvalue weighted by Crippen LogP contribution is 2.21. The Labute approximate surface area is 92.8 Å². The van der Waals surface area contributed by atoms with Gasteiger partial charge in [0.05, 0.1) is 12.6 Å². The molecule has 0 amide bonds. The number of carbonyl (C=O) groups excluding carboxylic acids is 1. The Kier molecular flexibility index (Phi) is 5.26. The van der Waals surface area contributed by atoms with Crippen molar-refractivity contribution in [1.29, 1.82) is 0 Å². The van der Waals surface area contributed by atoms with Crippen LogP contribution in [0.1, 0.15) is 39.5 Å². The highest BCUT2D eigenvalue weighted by molar-refractivity contribution is 5.84. The Morgan fingerprint density at radius 2 is 2.20 bits per heavy atom. The summed E-state index contributed by atoms with van der Waals surface area (Å²) in [6.07, 6.45) is 4.06. The predicted molar refractivity (Wildman–Crippen MR) is 61.0 cm³/mol. The van der Waals surface area contributed by atoms with Gasteiger partial charge in [0, 0.05) is 26.1 Å². The standard InChI is InChI=1S/C12H23NO2/c1-10(2)13(8-9-15-3)11-6-4-5-7-12(11)14/h10-11H,4-9H2,1-3H3. The second-order valence-corrected chi connectivity index (χ2v) is 4.55. The van der Waals surface area contributed by atoms with Crippen LogP contribution < -0.4 is 0 Å². The zero-order valence-corrected chi connectivity index (χ0v) is 10.2. The zero-order valence-electron chi connectivity index (χ0n) is 10.2. The summed E-state index contributed by atoms with van der Waals surface area (Å²) in [5, 5.41) is 0. The first-order valence-corrected chi connectivity index (χ1v) is 5.94. The van der Waals surface area contributed by atoms with Gasteiger partial charge in [-0.2, -0.15) is 0 Å². The van der Waals surface area contributed by atoms with Crippen molar-refractivity contribution in [2.24, 2.45) is 0 Å². The Hall–Kier alpha value is -0.410. The number of Topliss-reactive ketones (excluding diaryl/α,β-unsaturated/α-hetero) is 1. The van der Waals surface area contributed by atoms with Crippen molar-refractivity contribution in [3.63, 3.8) is 0 Å². The number of methoxy groups -OCH3 is 1. The molecule has 1 fully saturated rings. The van der Waals surface area contributed by atoms with Crippen LogP contribution in [0, 0.1) is 0 Å². The molecule has 1 rings (SSSR count). The Bertz CT molecular complexity index is 204. The van der Waals surface area contributed by atoms with E-state index >= 15 is 0 Å². The third-order valence-corrected chi connectivity index (χ3v) is 3.14. The quantitative estimate of drug-likeness (QED) is 0.698. The van der Waals surface area contributed by atoms with Gasteiger partial charge in [-0.1, -0.05) is 6.42 Å². The molecule has 0 N–H and O–H groups in total. The maximum absolute atomic E-state index is 11.8. The summed E-state index contributed by atoms with van der Waals surface area (Å²) in [7, 11) is 1.71. The Morgan fingerprint density at radius 1 is 1.47 bits per heavy atom. The fourth-order valence-electron chi connectivity index (χ4n) is 2.29. The molecule has 1 aliphatic carbocycles. The van der Waals surface area contributed by atoms with Crippen LogP contribution in [0.2, 0.25) is 0 Å². The number of hydrogen-bond acceptors (Lipinski definition) is 3. The molecule has 0 aromatic carbocycles. The van der Waals surface area contributed by atoms with Crippen LogP contribution in [0.3, 0.4) is 0 Å². The molecule has 0 aliphatic heterocycles. The van der Waals surface area contributed by atoms with Gasteiger partial charge < -0.3 is 4.74 Å². The van der Waals surface area contributed by atoms with Crippen molar-refractivity contribution >= 4 is 5.78 Å². The second kappa shape index (κ2) is 6.23. The highest BCUT2D eigenvalue weighted by atomic mass is 16.5. The van der Waals surface area contributed by atoms with Gasteiger partial charge in [-0.05, 0) is 26.7 Å². The summed E-state index contributed by atoms with van der Waals surface area (Å²) in [6.45, 7) is 5.88. The minimum absolute atomic E-state index is 0.147. The molecule has 0 bridgehead atoms. The lowest BCUT2D eigenvalue weighted by atomic mass is 9.92. The molecule has 0 heterocycles. The molecule has 0 radical (unpaired) electrons. The van der Waals surface area contributed by atoms with Gasteiger partial charge in [-0.25, -0.2) is 0 Å². The molecule has 1 aliphatic rings. The first-order chi connectivity index (χ1) is 7.16. The van der Waals surface area contributed by atoms with Crippen LogP contribution in [0.5, 0.6) is 0 Å². The Balaban J connectivity index is 2.56. The molecular formula is C12H23NO2. The molecule has 1 saturated carbocycles. The summed E-state index contributed by atoms with van der Waals surface area (Å²) in [6, 6.07) is 0.570. The van der Waals surface area contributed by atoms with Crippen LogP contribution in [-0.2, 0) is 9.53 Å². The van der Waals surface area contributed by atoms with E-state index in [9.17, 15) is 4.79 Å². The normalized spacial score (nSPS) is 22.7. The highest BCUT2D eigenvalue weighted by Gasteiger charge is 2.29. The van der Waals surface area contributed by atoms with Crippen LogP contribution >= 0.6 is 0 Å². The third kappa shape index (κ3) is 3.58. The van der Waals surface area contributed by atoms with E-state index in [0.29, 0.717) is 18.4 Å². The van der Waals surface area contributed by atoms with Gasteiger partial charge in [-0.15, -0.1) is 0 Å². The lowest BCUT2D eigenvalue weighted by Gasteiger charge is -2.35. The average molecular weight is 213 g/mol. The molecule has 88 valence electrons. The first-order valence-electron chi connectivity index (χ1n) is 5.94. The van der Waals surface area contributed by atoms with Crippen molar-refractivity contribution in [3.05, 3.63) is 0 Å². The van der Waals surface area contributed by atoms with E-state index in [1.807, 2.05) is 0 Å². The third-order valence-electron chi connectivity index (χ3n) is 3.14. The largest absolute Gasteiger partial charge is 0.383 e. The average Bonchev–Trinajstić information content (AvgIpc) is 2.20. The lowest BCUT2D eigenvalue weighted by molar-refractivity contribution is -0.127. The van der Waals surface area contributed by atoms with Gasteiger partial charge in [0.2, 0.25) is 0 Å². The minimum atomic E-state index is 0.147. The molecule has 0 saturated heterocycles. The smallest absolute Gasteiger partial charge is 0.149 e. The minimum Gasteiger partial charge on any atom is -0.383 e. The van der Waals surface area contributed by atoms with E-state index in [1.165, 1.54) is 6.42 Å². The summed E-state index contributed by atoms with van der Waals surface area (Å²) < 4.78 is 5.10. The van der Waals surface area contributed by atoms with Gasteiger partial charge in [-0.3, -0.25) is 9.69 Å². The maximum Gasteiger partial charge on any atom is 0.149 e. The van der Waals surface area contributed by atoms with E-state index in [4.69, 9.17) is 4.74 Å². The molecule has 0 spiro atoms. The van der Waals surface area contributed by atoms with Gasteiger partial charge >= 0.3 is 0 Å². The number of carbonyl (C=O) groups is 1. The number of rotatable bonds is 5. The van der Waals surface area contributed by atoms with Gasteiger partial charge in [0.15, 0.2) is 0 Å². The van der Waals surface area contributed by atoms with Crippen molar-refractivity contribution < 1.29 is 9.53 Å². The summed E-state index contributed by atoms with van der Waals surface area (Å²) in [5.41, 5.74) is 0. The van der Waals surface area contributed by atoms with E-state index in [2.05, 4.69) is 18.7 Å². The first kappa shape index (κ1) is 12.7. The van der Waals surface area contributed by atoms with Gasteiger partial charge in [0.1, 0.15) is 5.78 Å². The summed E-state index contributed by atoms with van der Waals surface area (Å²) >= 11 is 0. The fraction of sp³-hybridized carbons (Fsp3) is 0.917. The SMILES string of the molecule is COCCN(C(C)C)C1CCCCC1=O. The molecule has 0 aromatic heterocycles. The van der Waals surface area contributed by atoms with E-state index in [0.717, 1.165) is 25.8 Å². The van der Waals surface area contributed by atoms with Gasteiger partial charge in [0.25, 0.3) is 0 Å².